The molecule has 0 saturated heterocycles. The van der Waals surface area contributed by atoms with E-state index in [1.807, 2.05) is 25.1 Å². The van der Waals surface area contributed by atoms with Gasteiger partial charge in [-0.25, -0.2) is 0 Å². The number of carbonyl (C=O) groups excluding carboxylic acids is 1. The van der Waals surface area contributed by atoms with Crippen molar-refractivity contribution in [2.45, 2.75) is 39.2 Å². The van der Waals surface area contributed by atoms with Gasteiger partial charge >= 0.3 is 0 Å². The van der Waals surface area contributed by atoms with E-state index in [1.54, 1.807) is 4.90 Å². The molecule has 1 atom stereocenters. The summed E-state index contributed by atoms with van der Waals surface area (Å²) in [6, 6.07) is 6.19. The van der Waals surface area contributed by atoms with Gasteiger partial charge in [-0.15, -0.1) is 0 Å². The zero-order valence-corrected chi connectivity index (χ0v) is 11.7. The van der Waals surface area contributed by atoms with Crippen molar-refractivity contribution in [3.63, 3.8) is 0 Å². The third kappa shape index (κ3) is 3.07. The summed E-state index contributed by atoms with van der Waals surface area (Å²) in [5.41, 5.74) is 8.11. The van der Waals surface area contributed by atoms with Gasteiger partial charge in [-0.1, -0.05) is 19.4 Å². The number of nitrogens with zero attached hydrogens (tertiary/aromatic N) is 1. The molecule has 0 fully saturated rings. The number of ether oxygens (including phenoxy) is 1. The average Bonchev–Trinajstić information content (AvgIpc) is 2.38. The van der Waals surface area contributed by atoms with Crippen LogP contribution >= 0.6 is 0 Å². The molecule has 1 amide bonds. The quantitative estimate of drug-likeness (QED) is 0.884. The summed E-state index contributed by atoms with van der Waals surface area (Å²) in [7, 11) is 0. The van der Waals surface area contributed by atoms with Gasteiger partial charge < -0.3 is 15.4 Å². The molecule has 0 radical (unpaired) electrons. The van der Waals surface area contributed by atoms with Gasteiger partial charge in [0, 0.05) is 12.6 Å². The van der Waals surface area contributed by atoms with E-state index in [4.69, 9.17) is 10.5 Å². The van der Waals surface area contributed by atoms with Crippen LogP contribution in [0.2, 0.25) is 0 Å². The normalized spacial score (nSPS) is 15.9. The van der Waals surface area contributed by atoms with Crippen LogP contribution in [0.5, 0.6) is 5.75 Å². The van der Waals surface area contributed by atoms with Crippen LogP contribution in [-0.4, -0.2) is 25.1 Å². The van der Waals surface area contributed by atoms with E-state index < -0.39 is 0 Å². The van der Waals surface area contributed by atoms with E-state index in [-0.39, 0.29) is 18.6 Å². The summed E-state index contributed by atoms with van der Waals surface area (Å²) in [6.45, 7) is 4.91. The molecule has 1 aliphatic heterocycles. The first kappa shape index (κ1) is 13.9. The van der Waals surface area contributed by atoms with E-state index in [9.17, 15) is 4.79 Å². The second-order valence-electron chi connectivity index (χ2n) is 4.98. The fraction of sp³-hybridized carbons (Fsp3) is 0.533. The maximum Gasteiger partial charge on any atom is 0.265 e. The van der Waals surface area contributed by atoms with Gasteiger partial charge in [0.05, 0.1) is 5.69 Å². The van der Waals surface area contributed by atoms with E-state index in [1.165, 1.54) is 0 Å². The van der Waals surface area contributed by atoms with Crippen molar-refractivity contribution >= 4 is 11.6 Å². The highest BCUT2D eigenvalue weighted by Crippen LogP contribution is 2.33. The van der Waals surface area contributed by atoms with Crippen molar-refractivity contribution in [1.29, 1.82) is 0 Å². The van der Waals surface area contributed by atoms with E-state index in [0.717, 1.165) is 36.3 Å². The lowest BCUT2D eigenvalue weighted by Crippen LogP contribution is -2.38. The molecule has 0 spiro atoms. The number of benzene rings is 1. The maximum atomic E-state index is 11.8. The molecule has 2 rings (SSSR count). The van der Waals surface area contributed by atoms with Crippen LogP contribution in [0, 0.1) is 0 Å². The molecule has 0 bridgehead atoms. The molecule has 2 N–H and O–H groups in total. The minimum absolute atomic E-state index is 0.0185. The first-order valence-corrected chi connectivity index (χ1v) is 6.97. The van der Waals surface area contributed by atoms with Gasteiger partial charge in [-0.3, -0.25) is 4.79 Å². The summed E-state index contributed by atoms with van der Waals surface area (Å²) >= 11 is 0. The van der Waals surface area contributed by atoms with Crippen molar-refractivity contribution in [3.05, 3.63) is 23.8 Å². The minimum Gasteiger partial charge on any atom is -0.482 e. The van der Waals surface area contributed by atoms with Crippen LogP contribution in [0.3, 0.4) is 0 Å². The van der Waals surface area contributed by atoms with Crippen molar-refractivity contribution in [1.82, 2.24) is 0 Å². The second-order valence-corrected chi connectivity index (χ2v) is 4.98. The highest BCUT2D eigenvalue weighted by Gasteiger charge is 2.24. The highest BCUT2D eigenvalue weighted by atomic mass is 16.5. The van der Waals surface area contributed by atoms with Crippen LogP contribution < -0.4 is 15.4 Å². The van der Waals surface area contributed by atoms with Crippen molar-refractivity contribution < 1.29 is 9.53 Å². The smallest absolute Gasteiger partial charge is 0.265 e. The summed E-state index contributed by atoms with van der Waals surface area (Å²) in [4.78, 5) is 13.6. The molecular weight excluding hydrogens is 240 g/mol. The third-order valence-corrected chi connectivity index (χ3v) is 3.44. The maximum absolute atomic E-state index is 11.8. The number of fused-ring (bicyclic) bond motifs is 1. The van der Waals surface area contributed by atoms with Crippen LogP contribution in [-0.2, 0) is 11.2 Å². The number of likely N-dealkylation sites (N-methyl/N-ethyl adjacent to an activating group) is 1. The van der Waals surface area contributed by atoms with Crippen LogP contribution in [0.25, 0.3) is 0 Å². The van der Waals surface area contributed by atoms with Gasteiger partial charge in [0.2, 0.25) is 0 Å². The van der Waals surface area contributed by atoms with Gasteiger partial charge in [0.15, 0.2) is 6.61 Å². The Kier molecular flexibility index (Phi) is 4.43. The molecule has 0 aliphatic carbocycles. The lowest BCUT2D eigenvalue weighted by molar-refractivity contribution is -0.121. The van der Waals surface area contributed by atoms with E-state index in [2.05, 4.69) is 6.92 Å². The lowest BCUT2D eigenvalue weighted by atomic mass is 10.0. The Morgan fingerprint density at radius 3 is 2.89 bits per heavy atom. The van der Waals surface area contributed by atoms with Crippen molar-refractivity contribution in [2.75, 3.05) is 18.1 Å². The SMILES string of the molecule is CCCC(N)Cc1ccc2c(c1)N(CC)C(=O)CO2. The molecule has 0 aromatic heterocycles. The Bertz CT molecular complexity index is 459. The predicted octanol–water partition coefficient (Wildman–Crippen LogP) is 2.10. The molecular formula is C15H22N2O2. The number of carbonyl (C=O) groups is 1. The highest BCUT2D eigenvalue weighted by molar-refractivity contribution is 5.97. The first-order valence-electron chi connectivity index (χ1n) is 6.97. The molecule has 1 aromatic rings. The Balaban J connectivity index is 2.21. The zero-order valence-electron chi connectivity index (χ0n) is 11.7. The predicted molar refractivity (Wildman–Crippen MR) is 76.6 cm³/mol. The Hall–Kier alpha value is -1.55. The number of amides is 1. The molecule has 1 aliphatic rings. The fourth-order valence-corrected chi connectivity index (χ4v) is 2.50. The Morgan fingerprint density at radius 1 is 1.42 bits per heavy atom. The number of hydrogen-bond acceptors (Lipinski definition) is 3. The average molecular weight is 262 g/mol. The van der Waals surface area contributed by atoms with Gasteiger partial charge in [0.1, 0.15) is 5.75 Å². The topological polar surface area (TPSA) is 55.6 Å². The molecule has 1 aromatic carbocycles. The van der Waals surface area contributed by atoms with Gasteiger partial charge in [0.25, 0.3) is 5.91 Å². The fourth-order valence-electron chi connectivity index (χ4n) is 2.50. The zero-order chi connectivity index (χ0) is 13.8. The Morgan fingerprint density at radius 2 is 2.21 bits per heavy atom. The molecule has 1 unspecified atom stereocenters. The monoisotopic (exact) mass is 262 g/mol. The summed E-state index contributed by atoms with van der Waals surface area (Å²) in [5, 5.41) is 0. The van der Waals surface area contributed by atoms with Crippen LogP contribution in [0.15, 0.2) is 18.2 Å². The van der Waals surface area contributed by atoms with E-state index in [0.29, 0.717) is 6.54 Å². The van der Waals surface area contributed by atoms with Crippen LogP contribution in [0.1, 0.15) is 32.3 Å². The number of anilines is 1. The molecule has 0 saturated carbocycles. The number of hydrogen-bond donors (Lipinski definition) is 1. The molecule has 104 valence electrons. The van der Waals surface area contributed by atoms with Crippen molar-refractivity contribution in [3.8, 4) is 5.75 Å². The molecule has 4 heteroatoms. The molecule has 19 heavy (non-hydrogen) atoms. The summed E-state index contributed by atoms with van der Waals surface area (Å²) < 4.78 is 5.45. The van der Waals surface area contributed by atoms with Gasteiger partial charge in [-0.05, 0) is 37.5 Å². The lowest BCUT2D eigenvalue weighted by Gasteiger charge is -2.29. The third-order valence-electron chi connectivity index (χ3n) is 3.44. The second kappa shape index (κ2) is 6.06. The molecule has 1 heterocycles. The first-order chi connectivity index (χ1) is 9.15. The Labute approximate surface area is 114 Å². The number of rotatable bonds is 5. The number of nitrogens with two attached hydrogens (primary N) is 1. The largest absolute Gasteiger partial charge is 0.482 e. The minimum atomic E-state index is 0.0185. The van der Waals surface area contributed by atoms with E-state index >= 15 is 0 Å². The van der Waals surface area contributed by atoms with Crippen LogP contribution in [0.4, 0.5) is 5.69 Å². The molecule has 4 nitrogen and oxygen atoms in total. The van der Waals surface area contributed by atoms with Gasteiger partial charge in [-0.2, -0.15) is 0 Å². The van der Waals surface area contributed by atoms with Crippen molar-refractivity contribution in [2.24, 2.45) is 5.73 Å². The summed E-state index contributed by atoms with van der Waals surface area (Å²) in [6.07, 6.45) is 2.95. The summed E-state index contributed by atoms with van der Waals surface area (Å²) in [5.74, 6) is 0.805. The standard InChI is InChI=1S/C15H22N2O2/c1-3-5-12(16)8-11-6-7-14-13(9-11)17(4-2)15(18)10-19-14/h6-7,9,12H,3-5,8,10,16H2,1-2H3.